The Hall–Kier alpha value is -2.94. The number of nitrogens with zero attached hydrogens (tertiary/aromatic N) is 4. The third-order valence-electron chi connectivity index (χ3n) is 5.75. The van der Waals surface area contributed by atoms with Gasteiger partial charge < -0.3 is 15.4 Å². The van der Waals surface area contributed by atoms with Crippen LogP contribution >= 0.6 is 22.9 Å². The lowest BCUT2D eigenvalue weighted by atomic mass is 10.1. The van der Waals surface area contributed by atoms with Gasteiger partial charge in [0.2, 0.25) is 5.91 Å². The van der Waals surface area contributed by atoms with Crippen LogP contribution in [0.3, 0.4) is 0 Å². The number of methoxy groups -OCH3 is 1. The zero-order valence-electron chi connectivity index (χ0n) is 17.5. The monoisotopic (exact) mass is 467 g/mol. The number of anilines is 1. The van der Waals surface area contributed by atoms with E-state index >= 15 is 0 Å². The van der Waals surface area contributed by atoms with Crippen molar-refractivity contribution in [3.8, 4) is 5.75 Å². The fourth-order valence-electron chi connectivity index (χ4n) is 4.13. The summed E-state index contributed by atoms with van der Waals surface area (Å²) in [6, 6.07) is 11.7. The van der Waals surface area contributed by atoms with E-state index in [4.69, 9.17) is 22.1 Å². The fourth-order valence-corrected chi connectivity index (χ4v) is 5.62. The van der Waals surface area contributed by atoms with Gasteiger partial charge in [0, 0.05) is 46.7 Å². The molecule has 4 aromatic rings. The summed E-state index contributed by atoms with van der Waals surface area (Å²) in [6.07, 6.45) is 1.46. The molecule has 164 valence electrons. The third kappa shape index (κ3) is 3.97. The molecule has 0 bridgehead atoms. The lowest BCUT2D eigenvalue weighted by Crippen LogP contribution is -2.49. The summed E-state index contributed by atoms with van der Waals surface area (Å²) in [7, 11) is 1.69. The van der Waals surface area contributed by atoms with Gasteiger partial charge >= 0.3 is 0 Å². The Morgan fingerprint density at radius 1 is 1.12 bits per heavy atom. The number of amides is 1. The van der Waals surface area contributed by atoms with Crippen LogP contribution in [-0.2, 0) is 17.9 Å². The molecule has 0 spiro atoms. The Bertz CT molecular complexity index is 1320. The predicted molar refractivity (Wildman–Crippen MR) is 128 cm³/mol. The van der Waals surface area contributed by atoms with Gasteiger partial charge in [0.1, 0.15) is 17.9 Å². The zero-order chi connectivity index (χ0) is 22.2. The molecule has 1 saturated heterocycles. The number of thiophene rings is 1. The number of carbonyl (C=O) groups is 1. The highest BCUT2D eigenvalue weighted by Gasteiger charge is 2.26. The molecule has 0 radical (unpaired) electrons. The largest absolute Gasteiger partial charge is 0.495 e. The van der Waals surface area contributed by atoms with Gasteiger partial charge in [-0.1, -0.05) is 17.7 Å². The van der Waals surface area contributed by atoms with Gasteiger partial charge in [-0.25, -0.2) is 9.97 Å². The van der Waals surface area contributed by atoms with Crippen molar-refractivity contribution < 1.29 is 9.53 Å². The van der Waals surface area contributed by atoms with Crippen LogP contribution in [0.15, 0.2) is 42.7 Å². The number of fused-ring (bicyclic) bond motifs is 2. The second-order valence-electron chi connectivity index (χ2n) is 7.84. The number of hydrogen-bond acceptors (Lipinski definition) is 7. The van der Waals surface area contributed by atoms with E-state index in [1.165, 1.54) is 6.33 Å². The van der Waals surface area contributed by atoms with Crippen LogP contribution in [0.2, 0.25) is 5.02 Å². The lowest BCUT2D eigenvalue weighted by Gasteiger charge is -2.34. The molecule has 2 aromatic heterocycles. The first kappa shape index (κ1) is 20.9. The van der Waals surface area contributed by atoms with Crippen molar-refractivity contribution in [2.24, 2.45) is 0 Å². The van der Waals surface area contributed by atoms with Gasteiger partial charge in [0.05, 0.1) is 24.0 Å². The normalized spacial score (nSPS) is 15.1. The first-order chi connectivity index (χ1) is 15.5. The molecular weight excluding hydrogens is 446 g/mol. The van der Waals surface area contributed by atoms with Crippen molar-refractivity contribution in [3.63, 3.8) is 0 Å². The first-order valence-corrected chi connectivity index (χ1v) is 11.5. The van der Waals surface area contributed by atoms with E-state index < -0.39 is 0 Å². The molecule has 1 fully saturated rings. The fraction of sp³-hybridized carbons (Fsp3) is 0.261. The number of carbonyl (C=O) groups excluding carboxylic acids is 1. The highest BCUT2D eigenvalue weighted by molar-refractivity contribution is 7.19. The Balaban J connectivity index is 1.28. The highest BCUT2D eigenvalue weighted by Crippen LogP contribution is 2.39. The van der Waals surface area contributed by atoms with Gasteiger partial charge in [-0.3, -0.25) is 9.69 Å². The number of nitrogens with two attached hydrogens (primary N) is 1. The number of aromatic nitrogens is 2. The SMILES string of the molecule is COc1c(CN2CCN(Cc3ccc4c(N)ncnc4c3)C(=O)C2)sc2cc(Cl)ccc12. The number of nitrogen functional groups attached to an aromatic ring is 1. The van der Waals surface area contributed by atoms with Crippen LogP contribution in [0.25, 0.3) is 21.0 Å². The maximum atomic E-state index is 12.9. The van der Waals surface area contributed by atoms with Crippen LogP contribution in [0.1, 0.15) is 10.4 Å². The molecule has 0 saturated carbocycles. The summed E-state index contributed by atoms with van der Waals surface area (Å²) in [6.45, 7) is 3.07. The molecule has 3 heterocycles. The molecule has 9 heteroatoms. The average Bonchev–Trinajstić information content (AvgIpc) is 3.11. The zero-order valence-corrected chi connectivity index (χ0v) is 19.1. The Morgan fingerprint density at radius 2 is 1.97 bits per heavy atom. The topological polar surface area (TPSA) is 84.6 Å². The predicted octanol–water partition coefficient (Wildman–Crippen LogP) is 3.93. The van der Waals surface area contributed by atoms with Gasteiger partial charge in [0.25, 0.3) is 0 Å². The van der Waals surface area contributed by atoms with E-state index in [9.17, 15) is 4.79 Å². The quantitative estimate of drug-likeness (QED) is 0.478. The van der Waals surface area contributed by atoms with Crippen LogP contribution in [0.4, 0.5) is 5.82 Å². The molecule has 2 N–H and O–H groups in total. The summed E-state index contributed by atoms with van der Waals surface area (Å²) < 4.78 is 6.77. The molecule has 1 aliphatic rings. The van der Waals surface area contributed by atoms with Crippen LogP contribution < -0.4 is 10.5 Å². The lowest BCUT2D eigenvalue weighted by molar-refractivity contribution is -0.136. The van der Waals surface area contributed by atoms with Crippen LogP contribution in [-0.4, -0.2) is 52.4 Å². The number of hydrogen-bond donors (Lipinski definition) is 1. The van der Waals surface area contributed by atoms with Gasteiger partial charge in [0.15, 0.2) is 0 Å². The molecule has 5 rings (SSSR count). The van der Waals surface area contributed by atoms with Crippen molar-refractivity contribution in [3.05, 3.63) is 58.2 Å². The van der Waals surface area contributed by atoms with E-state index in [0.717, 1.165) is 43.7 Å². The van der Waals surface area contributed by atoms with E-state index in [1.807, 2.05) is 41.3 Å². The van der Waals surface area contributed by atoms with Gasteiger partial charge in [-0.05, 0) is 35.9 Å². The van der Waals surface area contributed by atoms with Crippen molar-refractivity contribution in [1.29, 1.82) is 0 Å². The molecule has 0 aliphatic carbocycles. The second-order valence-corrected chi connectivity index (χ2v) is 9.41. The Morgan fingerprint density at radius 3 is 2.78 bits per heavy atom. The van der Waals surface area contributed by atoms with Crippen LogP contribution in [0.5, 0.6) is 5.75 Å². The van der Waals surface area contributed by atoms with Crippen molar-refractivity contribution in [2.45, 2.75) is 13.1 Å². The number of benzene rings is 2. The minimum atomic E-state index is 0.113. The van der Waals surface area contributed by atoms with Crippen molar-refractivity contribution in [1.82, 2.24) is 19.8 Å². The number of ether oxygens (including phenoxy) is 1. The molecule has 2 aromatic carbocycles. The summed E-state index contributed by atoms with van der Waals surface area (Å²) >= 11 is 7.81. The molecule has 0 atom stereocenters. The smallest absolute Gasteiger partial charge is 0.237 e. The molecule has 32 heavy (non-hydrogen) atoms. The van der Waals surface area contributed by atoms with E-state index in [2.05, 4.69) is 14.9 Å². The minimum absolute atomic E-state index is 0.113. The van der Waals surface area contributed by atoms with E-state index in [-0.39, 0.29) is 5.91 Å². The Labute approximate surface area is 194 Å². The molecule has 0 unspecified atom stereocenters. The van der Waals surface area contributed by atoms with Crippen molar-refractivity contribution >= 4 is 55.7 Å². The number of piperazine rings is 1. The highest BCUT2D eigenvalue weighted by atomic mass is 35.5. The van der Waals surface area contributed by atoms with E-state index in [1.54, 1.807) is 18.4 Å². The van der Waals surface area contributed by atoms with Gasteiger partial charge in [-0.2, -0.15) is 0 Å². The number of rotatable bonds is 5. The Kier molecular flexibility index (Phi) is 5.58. The van der Waals surface area contributed by atoms with Crippen molar-refractivity contribution in [2.75, 3.05) is 32.5 Å². The maximum Gasteiger partial charge on any atom is 0.237 e. The summed E-state index contributed by atoms with van der Waals surface area (Å²) in [4.78, 5) is 26.4. The first-order valence-electron chi connectivity index (χ1n) is 10.3. The molecule has 1 amide bonds. The third-order valence-corrected chi connectivity index (χ3v) is 7.10. The van der Waals surface area contributed by atoms with Gasteiger partial charge in [-0.15, -0.1) is 11.3 Å². The van der Waals surface area contributed by atoms with Crippen LogP contribution in [0, 0.1) is 0 Å². The summed E-state index contributed by atoms with van der Waals surface area (Å²) in [5.41, 5.74) is 7.73. The molecule has 7 nitrogen and oxygen atoms in total. The molecule has 1 aliphatic heterocycles. The second kappa shape index (κ2) is 8.54. The summed E-state index contributed by atoms with van der Waals surface area (Å²) in [5, 5.41) is 2.59. The standard InChI is InChI=1S/C23H22ClN5O2S/c1-31-22-17-5-3-15(24)9-19(17)32-20(22)11-28-6-7-29(21(30)12-28)10-14-2-4-16-18(8-14)26-13-27-23(16)25/h2-5,8-9,13H,6-7,10-12H2,1H3,(H2,25,26,27). The number of halogens is 1. The maximum absolute atomic E-state index is 12.9. The summed E-state index contributed by atoms with van der Waals surface area (Å²) in [5.74, 6) is 1.45. The average molecular weight is 468 g/mol. The molecular formula is C23H22ClN5O2S. The van der Waals surface area contributed by atoms with E-state index in [0.29, 0.717) is 37.0 Å². The minimum Gasteiger partial charge on any atom is -0.495 e.